The molecule has 24 heavy (non-hydrogen) atoms. The van der Waals surface area contributed by atoms with Crippen LogP contribution in [0.1, 0.15) is 36.0 Å². The smallest absolute Gasteiger partial charge is 0.338 e. The molecule has 7 nitrogen and oxygen atoms in total. The number of fused-ring (bicyclic) bond motifs is 2. The number of methoxy groups -OCH3 is 2. The first-order chi connectivity index (χ1) is 11.5. The lowest BCUT2D eigenvalue weighted by Crippen LogP contribution is -2.52. The minimum absolute atomic E-state index is 0.126. The molecule has 3 rings (SSSR count). The zero-order valence-corrected chi connectivity index (χ0v) is 14.3. The summed E-state index contributed by atoms with van der Waals surface area (Å²) in [5.74, 6) is 0.723. The summed E-state index contributed by atoms with van der Waals surface area (Å²) in [6, 6.07) is 5.45. The van der Waals surface area contributed by atoms with Crippen LogP contribution in [0.5, 0.6) is 11.5 Å². The van der Waals surface area contributed by atoms with Crippen molar-refractivity contribution in [1.29, 1.82) is 0 Å². The second-order valence-corrected chi connectivity index (χ2v) is 6.32. The molecule has 0 saturated carbocycles. The zero-order chi connectivity index (χ0) is 17.3. The van der Waals surface area contributed by atoms with Crippen molar-refractivity contribution in [1.82, 2.24) is 10.2 Å². The molecule has 2 saturated heterocycles. The molecule has 0 spiro atoms. The average molecular weight is 336 g/mol. The molecule has 2 aliphatic heterocycles. The first-order valence-corrected chi connectivity index (χ1v) is 8.17. The van der Waals surface area contributed by atoms with Crippen LogP contribution in [0.15, 0.2) is 18.2 Å². The highest BCUT2D eigenvalue weighted by Gasteiger charge is 2.43. The second kappa shape index (κ2) is 6.96. The number of hydrazine groups is 1. The van der Waals surface area contributed by atoms with Gasteiger partial charge in [0.2, 0.25) is 0 Å². The maximum Gasteiger partial charge on any atom is 0.338 e. The Morgan fingerprint density at radius 2 is 1.79 bits per heavy atom. The summed E-state index contributed by atoms with van der Waals surface area (Å²) in [6.45, 7) is 0. The number of nitrogens with zero attached hydrogens (tertiary/aromatic N) is 2. The average Bonchev–Trinajstić information content (AvgIpc) is 2.85. The molecule has 0 aromatic heterocycles. The van der Waals surface area contributed by atoms with E-state index in [1.807, 2.05) is 5.01 Å². The summed E-state index contributed by atoms with van der Waals surface area (Å²) in [6.07, 6.45) is 3.38. The number of carbonyl (C=O) groups excluding carboxylic acids is 1. The molecule has 132 valence electrons. The Kier molecular flexibility index (Phi) is 4.93. The maximum atomic E-state index is 12.4. The van der Waals surface area contributed by atoms with Crippen LogP contribution >= 0.6 is 0 Å². The summed E-state index contributed by atoms with van der Waals surface area (Å²) in [5.41, 5.74) is 0.446. The van der Waals surface area contributed by atoms with Gasteiger partial charge in [-0.15, -0.1) is 5.17 Å². The first-order valence-electron chi connectivity index (χ1n) is 8.17. The molecule has 2 atom stereocenters. The van der Waals surface area contributed by atoms with Gasteiger partial charge in [-0.1, -0.05) is 0 Å². The van der Waals surface area contributed by atoms with Gasteiger partial charge in [0.15, 0.2) is 11.5 Å². The quantitative estimate of drug-likeness (QED) is 0.652. The van der Waals surface area contributed by atoms with E-state index in [1.54, 1.807) is 32.4 Å². The van der Waals surface area contributed by atoms with Crippen molar-refractivity contribution in [3.8, 4) is 11.5 Å². The zero-order valence-electron chi connectivity index (χ0n) is 14.3. The number of hydroxylamine groups is 1. The van der Waals surface area contributed by atoms with Gasteiger partial charge in [-0.2, -0.15) is 0 Å². The Morgan fingerprint density at radius 1 is 1.17 bits per heavy atom. The minimum Gasteiger partial charge on any atom is -0.493 e. The van der Waals surface area contributed by atoms with Crippen molar-refractivity contribution < 1.29 is 24.2 Å². The predicted octanol–water partition coefficient (Wildman–Crippen LogP) is 2.09. The molecule has 0 radical (unpaired) electrons. The fourth-order valence-electron chi connectivity index (χ4n) is 3.85. The number of carbonyl (C=O) groups is 1. The van der Waals surface area contributed by atoms with Crippen molar-refractivity contribution in [2.24, 2.45) is 0 Å². The van der Waals surface area contributed by atoms with Crippen LogP contribution in [0.3, 0.4) is 0 Å². The topological polar surface area (TPSA) is 71.5 Å². The van der Waals surface area contributed by atoms with E-state index >= 15 is 0 Å². The Morgan fingerprint density at radius 3 is 2.33 bits per heavy atom. The SMILES string of the molecule is COc1ccc(C(=O)OC2CC3CCC(C2)N3N(C)O)cc1OC. The molecule has 2 heterocycles. The van der Waals surface area contributed by atoms with Gasteiger partial charge in [0.1, 0.15) is 6.10 Å². The number of hydrogen-bond donors (Lipinski definition) is 1. The van der Waals surface area contributed by atoms with Gasteiger partial charge in [0, 0.05) is 32.0 Å². The van der Waals surface area contributed by atoms with Gasteiger partial charge in [-0.05, 0) is 31.0 Å². The van der Waals surface area contributed by atoms with E-state index in [1.165, 1.54) is 12.3 Å². The molecule has 0 aliphatic carbocycles. The number of ether oxygens (including phenoxy) is 3. The third-order valence-corrected chi connectivity index (χ3v) is 4.88. The molecule has 0 amide bonds. The highest BCUT2D eigenvalue weighted by atomic mass is 16.6. The van der Waals surface area contributed by atoms with E-state index in [0.717, 1.165) is 25.7 Å². The Balaban J connectivity index is 1.66. The highest BCUT2D eigenvalue weighted by Crippen LogP contribution is 2.37. The summed E-state index contributed by atoms with van der Waals surface area (Å²) < 4.78 is 16.1. The van der Waals surface area contributed by atoms with Crippen molar-refractivity contribution in [3.05, 3.63) is 23.8 Å². The lowest BCUT2D eigenvalue weighted by atomic mass is 10.0. The molecule has 7 heteroatoms. The van der Waals surface area contributed by atoms with E-state index in [4.69, 9.17) is 14.2 Å². The van der Waals surface area contributed by atoms with Gasteiger partial charge in [-0.25, -0.2) is 9.80 Å². The fraction of sp³-hybridized carbons (Fsp3) is 0.588. The van der Waals surface area contributed by atoms with Gasteiger partial charge in [0.05, 0.1) is 19.8 Å². The maximum absolute atomic E-state index is 12.4. The van der Waals surface area contributed by atoms with Gasteiger partial charge < -0.3 is 14.2 Å². The second-order valence-electron chi connectivity index (χ2n) is 6.32. The minimum atomic E-state index is -0.355. The number of esters is 1. The van der Waals surface area contributed by atoms with Crippen LogP contribution in [0.25, 0.3) is 0 Å². The van der Waals surface area contributed by atoms with E-state index in [2.05, 4.69) is 0 Å². The molecular weight excluding hydrogens is 312 g/mol. The van der Waals surface area contributed by atoms with Crippen LogP contribution in [-0.4, -0.2) is 60.8 Å². The molecule has 2 fully saturated rings. The predicted molar refractivity (Wildman–Crippen MR) is 86.2 cm³/mol. The first kappa shape index (κ1) is 17.0. The number of hydrogen-bond acceptors (Lipinski definition) is 7. The lowest BCUT2D eigenvalue weighted by Gasteiger charge is -2.40. The molecule has 2 aliphatic rings. The van der Waals surface area contributed by atoms with Gasteiger partial charge >= 0.3 is 5.97 Å². The Hall–Kier alpha value is -1.83. The molecule has 1 N–H and O–H groups in total. The molecule has 2 bridgehead atoms. The van der Waals surface area contributed by atoms with Crippen molar-refractivity contribution in [2.45, 2.75) is 43.9 Å². The summed E-state index contributed by atoms with van der Waals surface area (Å²) in [5, 5.41) is 12.9. The Labute approximate surface area is 141 Å². The van der Waals surface area contributed by atoms with E-state index in [9.17, 15) is 10.0 Å². The van der Waals surface area contributed by atoms with E-state index in [0.29, 0.717) is 17.1 Å². The van der Waals surface area contributed by atoms with E-state index in [-0.39, 0.29) is 24.2 Å². The largest absolute Gasteiger partial charge is 0.493 e. The normalized spacial score (nSPS) is 26.5. The van der Waals surface area contributed by atoms with Crippen LogP contribution in [0.2, 0.25) is 0 Å². The van der Waals surface area contributed by atoms with Crippen molar-refractivity contribution >= 4 is 5.97 Å². The molecule has 1 aromatic carbocycles. The monoisotopic (exact) mass is 336 g/mol. The van der Waals surface area contributed by atoms with Crippen molar-refractivity contribution in [2.75, 3.05) is 21.3 Å². The molecule has 1 aromatic rings. The highest BCUT2D eigenvalue weighted by molar-refractivity contribution is 5.90. The fourth-order valence-corrected chi connectivity index (χ4v) is 3.85. The van der Waals surface area contributed by atoms with Crippen LogP contribution in [0.4, 0.5) is 0 Å². The summed E-state index contributed by atoms with van der Waals surface area (Å²) in [4.78, 5) is 12.4. The van der Waals surface area contributed by atoms with Crippen LogP contribution < -0.4 is 9.47 Å². The van der Waals surface area contributed by atoms with Crippen molar-refractivity contribution in [3.63, 3.8) is 0 Å². The lowest BCUT2D eigenvalue weighted by molar-refractivity contribution is -0.260. The number of piperidine rings is 1. The van der Waals surface area contributed by atoms with E-state index < -0.39 is 0 Å². The standard InChI is InChI=1S/C17H24N2O5/c1-18(21)19-12-5-6-13(19)10-14(9-12)24-17(20)11-4-7-15(22-2)16(8-11)23-3/h4,7-8,12-14,21H,5-6,9-10H2,1-3H3. The molecular formula is C17H24N2O5. The van der Waals surface area contributed by atoms with Gasteiger partial charge in [-0.3, -0.25) is 5.21 Å². The summed E-state index contributed by atoms with van der Waals surface area (Å²) >= 11 is 0. The Bertz CT molecular complexity index is 593. The third kappa shape index (κ3) is 3.19. The number of rotatable bonds is 5. The van der Waals surface area contributed by atoms with Crippen LogP contribution in [-0.2, 0) is 4.74 Å². The van der Waals surface area contributed by atoms with Gasteiger partial charge in [0.25, 0.3) is 0 Å². The summed E-state index contributed by atoms with van der Waals surface area (Å²) in [7, 11) is 4.73. The number of benzene rings is 1. The van der Waals surface area contributed by atoms with Crippen LogP contribution in [0, 0.1) is 0 Å². The molecule has 2 unspecified atom stereocenters. The third-order valence-electron chi connectivity index (χ3n) is 4.88.